The lowest BCUT2D eigenvalue weighted by Crippen LogP contribution is -2.32. The summed E-state index contributed by atoms with van der Waals surface area (Å²) >= 11 is 1.87. The molecule has 1 spiro atoms. The Bertz CT molecular complexity index is 3110. The van der Waals surface area contributed by atoms with Gasteiger partial charge in [-0.2, -0.15) is 0 Å². The van der Waals surface area contributed by atoms with Gasteiger partial charge in [-0.1, -0.05) is 158 Å². The minimum Gasteiger partial charge on any atom is -0.457 e. The molecule has 0 saturated carbocycles. The molecule has 2 aromatic heterocycles. The van der Waals surface area contributed by atoms with Crippen LogP contribution in [-0.2, 0) is 5.41 Å². The van der Waals surface area contributed by atoms with Crippen LogP contribution in [0.2, 0.25) is 0 Å². The largest absolute Gasteiger partial charge is 0.457 e. The molecule has 12 rings (SSSR count). The summed E-state index contributed by atoms with van der Waals surface area (Å²) in [6.07, 6.45) is 0. The number of nitrogens with zero attached hydrogens (tertiary/aromatic N) is 3. The second kappa shape index (κ2) is 12.4. The van der Waals surface area contributed by atoms with Crippen LogP contribution in [0.4, 0.5) is 0 Å². The number of hydrogen-bond acceptors (Lipinski definition) is 5. The maximum absolute atomic E-state index is 6.67. The number of fused-ring (bicyclic) bond motifs is 13. The van der Waals surface area contributed by atoms with Crippen LogP contribution < -0.4 is 4.74 Å². The molecule has 0 unspecified atom stereocenters. The average molecular weight is 746 g/mol. The van der Waals surface area contributed by atoms with Crippen LogP contribution in [0.25, 0.3) is 76.6 Å². The van der Waals surface area contributed by atoms with Gasteiger partial charge in [0, 0.05) is 48.0 Å². The Morgan fingerprint density at radius 1 is 0.386 bits per heavy atom. The van der Waals surface area contributed by atoms with Crippen molar-refractivity contribution in [3.8, 4) is 67.9 Å². The van der Waals surface area contributed by atoms with Gasteiger partial charge in [0.05, 0.1) is 5.41 Å². The molecular formula is C52H31N3OS. The molecule has 1 aliphatic heterocycles. The third-order valence-corrected chi connectivity index (χ3v) is 12.8. The number of hydrogen-bond donors (Lipinski definition) is 0. The molecule has 0 N–H and O–H groups in total. The first kappa shape index (κ1) is 32.1. The van der Waals surface area contributed by atoms with Crippen molar-refractivity contribution in [2.45, 2.75) is 5.41 Å². The predicted molar refractivity (Wildman–Crippen MR) is 232 cm³/mol. The first-order chi connectivity index (χ1) is 28.2. The molecule has 266 valence electrons. The zero-order valence-electron chi connectivity index (χ0n) is 30.6. The highest BCUT2D eigenvalue weighted by atomic mass is 32.1. The number of para-hydroxylation sites is 2. The van der Waals surface area contributed by atoms with Gasteiger partial charge >= 0.3 is 0 Å². The molecule has 1 aliphatic carbocycles. The van der Waals surface area contributed by atoms with E-state index in [1.165, 1.54) is 42.4 Å². The van der Waals surface area contributed by atoms with E-state index in [1.807, 2.05) is 72.0 Å². The zero-order chi connectivity index (χ0) is 37.5. The van der Waals surface area contributed by atoms with E-state index >= 15 is 0 Å². The molecule has 57 heavy (non-hydrogen) atoms. The lowest BCUT2D eigenvalue weighted by molar-refractivity contribution is 0.436. The van der Waals surface area contributed by atoms with Crippen molar-refractivity contribution in [1.29, 1.82) is 0 Å². The van der Waals surface area contributed by atoms with Crippen molar-refractivity contribution in [3.05, 3.63) is 210 Å². The molecule has 8 aromatic carbocycles. The summed E-state index contributed by atoms with van der Waals surface area (Å²) in [7, 11) is 0. The van der Waals surface area contributed by atoms with Crippen LogP contribution in [-0.4, -0.2) is 15.0 Å². The van der Waals surface area contributed by atoms with Crippen molar-refractivity contribution in [1.82, 2.24) is 15.0 Å². The molecule has 0 fully saturated rings. The third kappa shape index (κ3) is 4.76. The van der Waals surface area contributed by atoms with Gasteiger partial charge in [0.25, 0.3) is 0 Å². The summed E-state index contributed by atoms with van der Waals surface area (Å²) in [4.78, 5) is 14.9. The fourth-order valence-corrected chi connectivity index (χ4v) is 10.2. The molecule has 3 heterocycles. The summed E-state index contributed by atoms with van der Waals surface area (Å²) < 4.78 is 9.27. The van der Waals surface area contributed by atoms with E-state index in [4.69, 9.17) is 19.7 Å². The van der Waals surface area contributed by atoms with Crippen LogP contribution in [0.15, 0.2) is 188 Å². The quantitative estimate of drug-likeness (QED) is 0.180. The highest BCUT2D eigenvalue weighted by Crippen LogP contribution is 2.64. The first-order valence-electron chi connectivity index (χ1n) is 19.2. The Hall–Kier alpha value is -7.21. The summed E-state index contributed by atoms with van der Waals surface area (Å²) in [5.74, 6) is 3.72. The Labute approximate surface area is 333 Å². The van der Waals surface area contributed by atoms with Gasteiger partial charge in [0.2, 0.25) is 0 Å². The van der Waals surface area contributed by atoms with Crippen molar-refractivity contribution < 1.29 is 4.74 Å². The van der Waals surface area contributed by atoms with Gasteiger partial charge in [-0.25, -0.2) is 15.0 Å². The van der Waals surface area contributed by atoms with Crippen LogP contribution in [0, 0.1) is 0 Å². The Morgan fingerprint density at radius 3 is 1.56 bits per heavy atom. The number of thiophene rings is 1. The highest BCUT2D eigenvalue weighted by Gasteiger charge is 2.51. The Kier molecular flexibility index (Phi) is 6.98. The van der Waals surface area contributed by atoms with Crippen LogP contribution in [0.5, 0.6) is 11.5 Å². The minimum atomic E-state index is -0.574. The molecule has 0 radical (unpaired) electrons. The van der Waals surface area contributed by atoms with Gasteiger partial charge in [-0.3, -0.25) is 0 Å². The molecule has 0 bridgehead atoms. The van der Waals surface area contributed by atoms with Crippen molar-refractivity contribution in [2.24, 2.45) is 0 Å². The van der Waals surface area contributed by atoms with E-state index in [1.54, 1.807) is 0 Å². The maximum Gasteiger partial charge on any atom is 0.164 e. The number of rotatable bonds is 4. The van der Waals surface area contributed by atoms with Gasteiger partial charge in [0.1, 0.15) is 11.5 Å². The standard InChI is InChI=1S/C52H31N3OS/c1-3-13-33(14-4-1)49-53-50(34-15-5-2-6-16-34)55-51(54-49)35-25-23-32(24-26-35)36-27-28-37-42(31-36)52(39-18-8-10-20-43(39)56-44-21-11-9-19-40(44)52)41-29-30-46-48(47(37)41)38-17-7-12-22-45(38)57-46/h1-31H. The molecule has 4 nitrogen and oxygen atoms in total. The van der Waals surface area contributed by atoms with Crippen molar-refractivity contribution >= 4 is 31.5 Å². The Morgan fingerprint density at radius 2 is 0.912 bits per heavy atom. The van der Waals surface area contributed by atoms with Crippen molar-refractivity contribution in [3.63, 3.8) is 0 Å². The van der Waals surface area contributed by atoms with E-state index in [-0.39, 0.29) is 0 Å². The topological polar surface area (TPSA) is 47.9 Å². The van der Waals surface area contributed by atoms with Crippen LogP contribution in [0.3, 0.4) is 0 Å². The third-order valence-electron chi connectivity index (χ3n) is 11.6. The molecule has 0 amide bonds. The minimum absolute atomic E-state index is 0.574. The van der Waals surface area contributed by atoms with E-state index in [2.05, 4.69) is 127 Å². The van der Waals surface area contributed by atoms with Crippen LogP contribution in [0.1, 0.15) is 22.3 Å². The fourth-order valence-electron chi connectivity index (χ4n) is 9.13. The molecular weight excluding hydrogens is 715 g/mol. The maximum atomic E-state index is 6.67. The average Bonchev–Trinajstić information content (AvgIpc) is 3.80. The van der Waals surface area contributed by atoms with Gasteiger partial charge in [-0.05, 0) is 63.7 Å². The number of benzene rings is 8. The second-order valence-electron chi connectivity index (χ2n) is 14.7. The smallest absolute Gasteiger partial charge is 0.164 e. The van der Waals surface area contributed by atoms with E-state index in [9.17, 15) is 0 Å². The monoisotopic (exact) mass is 745 g/mol. The molecule has 10 aromatic rings. The number of ether oxygens (including phenoxy) is 1. The van der Waals surface area contributed by atoms with Gasteiger partial charge in [-0.15, -0.1) is 11.3 Å². The lowest BCUT2D eigenvalue weighted by Gasteiger charge is -2.39. The lowest BCUT2D eigenvalue weighted by atomic mass is 9.66. The van der Waals surface area contributed by atoms with E-state index in [0.29, 0.717) is 17.5 Å². The van der Waals surface area contributed by atoms with E-state index in [0.717, 1.165) is 50.4 Å². The van der Waals surface area contributed by atoms with Gasteiger partial charge < -0.3 is 4.74 Å². The Balaban J connectivity index is 1.05. The molecule has 2 aliphatic rings. The van der Waals surface area contributed by atoms with Crippen LogP contribution >= 0.6 is 11.3 Å². The summed E-state index contributed by atoms with van der Waals surface area (Å²) in [5, 5.41) is 2.63. The summed E-state index contributed by atoms with van der Waals surface area (Å²) in [5.41, 5.74) is 12.0. The summed E-state index contributed by atoms with van der Waals surface area (Å²) in [6.45, 7) is 0. The van der Waals surface area contributed by atoms with Crippen molar-refractivity contribution in [2.75, 3.05) is 0 Å². The normalized spacial score (nSPS) is 13.2. The second-order valence-corrected chi connectivity index (χ2v) is 15.8. The molecule has 0 saturated heterocycles. The SMILES string of the molecule is c1ccc(-c2nc(-c3ccccc3)nc(-c3ccc(-c4ccc5c(c4)C4(c6ccccc6Oc6ccccc64)c4ccc6sc7ccccc7c6c4-5)cc3)n2)cc1. The zero-order valence-corrected chi connectivity index (χ0v) is 31.4. The highest BCUT2D eigenvalue weighted by molar-refractivity contribution is 7.26. The summed E-state index contributed by atoms with van der Waals surface area (Å²) in [6, 6.07) is 66.6. The fraction of sp³-hybridized carbons (Fsp3) is 0.0192. The molecule has 0 atom stereocenters. The first-order valence-corrected chi connectivity index (χ1v) is 20.0. The molecule has 5 heteroatoms. The predicted octanol–water partition coefficient (Wildman–Crippen LogP) is 13.4. The van der Waals surface area contributed by atoms with E-state index < -0.39 is 5.41 Å². The van der Waals surface area contributed by atoms with Gasteiger partial charge in [0.15, 0.2) is 17.5 Å². The number of aromatic nitrogens is 3.